The summed E-state index contributed by atoms with van der Waals surface area (Å²) in [5.74, 6) is 1.07. The Balaban J connectivity index is 1.53. The normalized spacial score (nSPS) is 17.6. The summed E-state index contributed by atoms with van der Waals surface area (Å²) < 4.78 is 5.91. The summed E-state index contributed by atoms with van der Waals surface area (Å²) in [6, 6.07) is 5.85. The van der Waals surface area contributed by atoms with Crippen molar-refractivity contribution in [3.63, 3.8) is 0 Å². The molecule has 2 aliphatic heterocycles. The van der Waals surface area contributed by atoms with E-state index in [9.17, 15) is 19.2 Å². The van der Waals surface area contributed by atoms with Crippen LogP contribution >= 0.6 is 0 Å². The van der Waals surface area contributed by atoms with Gasteiger partial charge >= 0.3 is 12.1 Å². The van der Waals surface area contributed by atoms with E-state index in [4.69, 9.17) is 16.2 Å². The number of hydrazine groups is 1. The molecule has 5 rings (SSSR count). The van der Waals surface area contributed by atoms with Crippen molar-refractivity contribution in [1.29, 1.82) is 0 Å². The minimum atomic E-state index is -0.882. The molecule has 0 saturated carbocycles. The average Bonchev–Trinajstić information content (AvgIpc) is 3.73. The number of nitrogens with one attached hydrogen (secondary N) is 1. The van der Waals surface area contributed by atoms with Crippen molar-refractivity contribution >= 4 is 53.7 Å². The van der Waals surface area contributed by atoms with Crippen LogP contribution in [0.3, 0.4) is 0 Å². The minimum absolute atomic E-state index is 0.0445. The summed E-state index contributed by atoms with van der Waals surface area (Å²) in [4.78, 5) is 72.7. The molecule has 4 heterocycles. The SMILES string of the molecule is CC(C)c1ccc(NC(=O)N(C2CCN(c3ncnc(N)c3C=O)C2)N(C(=O)OC(C)(C)C)C2CCN(c3ncnc(N)c3C=O)C2)cc1. The van der Waals surface area contributed by atoms with Gasteiger partial charge in [-0.15, -0.1) is 0 Å². The van der Waals surface area contributed by atoms with Gasteiger partial charge in [0.05, 0.1) is 23.2 Å². The number of aromatic nitrogens is 4. The molecule has 3 amide bonds. The van der Waals surface area contributed by atoms with Crippen LogP contribution in [0.25, 0.3) is 0 Å². The highest BCUT2D eigenvalue weighted by Crippen LogP contribution is 2.32. The topological polar surface area (TPSA) is 206 Å². The van der Waals surface area contributed by atoms with Gasteiger partial charge in [-0.25, -0.2) is 39.5 Å². The van der Waals surface area contributed by atoms with Crippen LogP contribution < -0.4 is 26.6 Å². The number of nitrogen functional groups attached to an aromatic ring is 2. The van der Waals surface area contributed by atoms with E-state index in [1.165, 1.54) is 22.7 Å². The molecule has 2 saturated heterocycles. The van der Waals surface area contributed by atoms with E-state index in [2.05, 4.69) is 39.1 Å². The molecular formula is C33H43N11O5. The van der Waals surface area contributed by atoms with E-state index in [0.717, 1.165) is 5.56 Å². The summed E-state index contributed by atoms with van der Waals surface area (Å²) in [6.45, 7) is 10.7. The quantitative estimate of drug-likeness (QED) is 0.231. The molecule has 1 aromatic carbocycles. The number of ether oxygens (including phenoxy) is 1. The number of hydrogen-bond donors (Lipinski definition) is 3. The Labute approximate surface area is 284 Å². The third-order valence-corrected chi connectivity index (χ3v) is 8.49. The van der Waals surface area contributed by atoms with Crippen LogP contribution in [0.4, 0.5) is 38.5 Å². The summed E-state index contributed by atoms with van der Waals surface area (Å²) in [5, 5.41) is 5.77. The highest BCUT2D eigenvalue weighted by atomic mass is 16.6. The smallest absolute Gasteiger partial charge is 0.429 e. The zero-order valence-corrected chi connectivity index (χ0v) is 28.4. The monoisotopic (exact) mass is 673 g/mol. The fraction of sp³-hybridized carbons (Fsp3) is 0.455. The molecule has 16 heteroatoms. The number of rotatable bonds is 8. The van der Waals surface area contributed by atoms with Gasteiger partial charge in [-0.05, 0) is 57.2 Å². The maximum Gasteiger partial charge on any atom is 0.429 e. The molecule has 2 fully saturated rings. The fourth-order valence-corrected chi connectivity index (χ4v) is 6.09. The lowest BCUT2D eigenvalue weighted by atomic mass is 10.0. The molecule has 2 aliphatic rings. The van der Waals surface area contributed by atoms with Crippen LogP contribution in [-0.4, -0.2) is 98.5 Å². The number of aldehydes is 2. The van der Waals surface area contributed by atoms with Gasteiger partial charge in [0.25, 0.3) is 0 Å². The molecule has 2 unspecified atom stereocenters. The molecule has 0 aliphatic carbocycles. The van der Waals surface area contributed by atoms with E-state index in [1.807, 2.05) is 34.1 Å². The van der Waals surface area contributed by atoms with Crippen molar-refractivity contribution in [3.8, 4) is 0 Å². The molecule has 49 heavy (non-hydrogen) atoms. The van der Waals surface area contributed by atoms with Crippen LogP contribution in [0.2, 0.25) is 0 Å². The number of nitrogens with zero attached hydrogens (tertiary/aromatic N) is 8. The van der Waals surface area contributed by atoms with Crippen LogP contribution in [-0.2, 0) is 4.74 Å². The van der Waals surface area contributed by atoms with Gasteiger partial charge in [-0.1, -0.05) is 26.0 Å². The lowest BCUT2D eigenvalue weighted by Crippen LogP contribution is -2.61. The molecule has 260 valence electrons. The van der Waals surface area contributed by atoms with Gasteiger partial charge in [0, 0.05) is 31.9 Å². The van der Waals surface area contributed by atoms with Crippen LogP contribution in [0.5, 0.6) is 0 Å². The number of urea groups is 1. The van der Waals surface area contributed by atoms with Crippen LogP contribution in [0.1, 0.15) is 79.7 Å². The predicted octanol–water partition coefficient (Wildman–Crippen LogP) is 3.72. The Morgan fingerprint density at radius 2 is 1.35 bits per heavy atom. The van der Waals surface area contributed by atoms with Crippen molar-refractivity contribution in [2.75, 3.05) is 52.8 Å². The Kier molecular flexibility index (Phi) is 10.1. The Bertz CT molecular complexity index is 1700. The van der Waals surface area contributed by atoms with Crippen molar-refractivity contribution in [2.45, 2.75) is 71.1 Å². The third kappa shape index (κ3) is 7.63. The van der Waals surface area contributed by atoms with E-state index in [1.54, 1.807) is 20.8 Å². The number of anilines is 5. The molecule has 2 atom stereocenters. The first kappa shape index (κ1) is 34.8. The molecule has 0 bridgehead atoms. The molecule has 0 radical (unpaired) electrons. The Morgan fingerprint density at radius 1 is 0.857 bits per heavy atom. The largest absolute Gasteiger partial charge is 0.442 e. The zero-order chi connectivity index (χ0) is 35.5. The Morgan fingerprint density at radius 3 is 1.80 bits per heavy atom. The first-order chi connectivity index (χ1) is 23.3. The average molecular weight is 674 g/mol. The highest BCUT2D eigenvalue weighted by molar-refractivity contribution is 5.92. The minimum Gasteiger partial charge on any atom is -0.442 e. The summed E-state index contributed by atoms with van der Waals surface area (Å²) >= 11 is 0. The van der Waals surface area contributed by atoms with Gasteiger partial charge in [0.2, 0.25) is 0 Å². The van der Waals surface area contributed by atoms with Gasteiger partial charge in [0.1, 0.15) is 41.5 Å². The van der Waals surface area contributed by atoms with Crippen LogP contribution in [0.15, 0.2) is 36.9 Å². The predicted molar refractivity (Wildman–Crippen MR) is 184 cm³/mol. The maximum absolute atomic E-state index is 14.5. The van der Waals surface area contributed by atoms with Gasteiger partial charge in [-0.3, -0.25) is 9.59 Å². The molecular weight excluding hydrogens is 630 g/mol. The number of hydrogen-bond acceptors (Lipinski definition) is 13. The molecule has 2 aromatic heterocycles. The number of nitrogens with two attached hydrogens (primary N) is 2. The van der Waals surface area contributed by atoms with E-state index < -0.39 is 29.8 Å². The summed E-state index contributed by atoms with van der Waals surface area (Å²) in [6.07, 6.45) is 3.90. The molecule has 16 nitrogen and oxygen atoms in total. The first-order valence-corrected chi connectivity index (χ1v) is 16.1. The standard InChI is InChI=1S/C33H43N11O5/c1-20(2)21-6-8-22(9-7-21)40-31(47)43(23-10-12-41(14-23)29-25(16-45)27(34)36-18-38-29)44(32(48)49-33(3,4)5)24-11-13-42(15-24)30-26(17-46)28(35)37-19-39-30/h6-9,16-20,23-24H,10-15H2,1-5H3,(H,40,47)(H2,34,36,38)(H2,35,37,39). The summed E-state index contributed by atoms with van der Waals surface area (Å²) in [7, 11) is 0. The second-order valence-electron chi connectivity index (χ2n) is 13.4. The number of carbonyl (C=O) groups excluding carboxylic acids is 4. The van der Waals surface area contributed by atoms with E-state index >= 15 is 0 Å². The van der Waals surface area contributed by atoms with Crippen molar-refractivity contribution < 1.29 is 23.9 Å². The first-order valence-electron chi connectivity index (χ1n) is 16.1. The van der Waals surface area contributed by atoms with E-state index in [0.29, 0.717) is 61.7 Å². The summed E-state index contributed by atoms with van der Waals surface area (Å²) in [5.41, 5.74) is 13.0. The second-order valence-corrected chi connectivity index (χ2v) is 13.4. The van der Waals surface area contributed by atoms with Crippen molar-refractivity contribution in [2.24, 2.45) is 0 Å². The number of carbonyl (C=O) groups is 4. The Hall–Kier alpha value is -5.54. The van der Waals surface area contributed by atoms with Crippen molar-refractivity contribution in [3.05, 3.63) is 53.6 Å². The molecule has 3 aromatic rings. The molecule has 0 spiro atoms. The number of amides is 3. The highest BCUT2D eigenvalue weighted by Gasteiger charge is 2.45. The number of benzene rings is 1. The van der Waals surface area contributed by atoms with Gasteiger partial charge in [-0.2, -0.15) is 0 Å². The maximum atomic E-state index is 14.5. The van der Waals surface area contributed by atoms with Crippen molar-refractivity contribution in [1.82, 2.24) is 30.0 Å². The van der Waals surface area contributed by atoms with Crippen LogP contribution in [0, 0.1) is 0 Å². The van der Waals surface area contributed by atoms with E-state index in [-0.39, 0.29) is 35.9 Å². The van der Waals surface area contributed by atoms with Gasteiger partial charge < -0.3 is 31.3 Å². The second kappa shape index (κ2) is 14.3. The lowest BCUT2D eigenvalue weighted by molar-refractivity contribution is -0.0580. The fourth-order valence-electron chi connectivity index (χ4n) is 6.09. The zero-order valence-electron chi connectivity index (χ0n) is 28.4. The lowest BCUT2D eigenvalue weighted by Gasteiger charge is -2.42. The molecule has 5 N–H and O–H groups in total. The van der Waals surface area contributed by atoms with Gasteiger partial charge in [0.15, 0.2) is 12.6 Å². The third-order valence-electron chi connectivity index (χ3n) is 8.49.